The Balaban J connectivity index is 2.17. The van der Waals surface area contributed by atoms with Gasteiger partial charge in [0, 0.05) is 18.1 Å². The maximum Gasteiger partial charge on any atom is 0.364 e. The van der Waals surface area contributed by atoms with Crippen LogP contribution < -0.4 is 10.5 Å². The number of carbonyl (C=O) groups excluding carboxylic acids is 1. The molecule has 6 heteroatoms. The van der Waals surface area contributed by atoms with Crippen LogP contribution in [0.4, 0.5) is 5.82 Å². The molecule has 0 fully saturated rings. The number of hydrogen-bond donors (Lipinski definition) is 1. The van der Waals surface area contributed by atoms with Crippen LogP contribution in [0.5, 0.6) is 5.75 Å². The third kappa shape index (κ3) is 2.57. The fourth-order valence-corrected chi connectivity index (χ4v) is 1.45. The number of rotatable bonds is 2. The fourth-order valence-electron chi connectivity index (χ4n) is 1.27. The smallest absolute Gasteiger partial charge is 0.364 e. The van der Waals surface area contributed by atoms with Crippen molar-refractivity contribution in [2.75, 3.05) is 5.73 Å². The molecule has 0 spiro atoms. The van der Waals surface area contributed by atoms with Gasteiger partial charge >= 0.3 is 5.97 Å². The van der Waals surface area contributed by atoms with Gasteiger partial charge in [-0.05, 0) is 18.2 Å². The molecule has 1 heterocycles. The summed E-state index contributed by atoms with van der Waals surface area (Å²) in [6.07, 6.45) is 0. The van der Waals surface area contributed by atoms with E-state index in [2.05, 4.69) is 5.10 Å². The van der Waals surface area contributed by atoms with Crippen molar-refractivity contribution in [1.82, 2.24) is 9.78 Å². The van der Waals surface area contributed by atoms with Crippen LogP contribution in [0.3, 0.4) is 0 Å². The number of carbonyl (C=O) groups is 1. The second kappa shape index (κ2) is 4.47. The largest absolute Gasteiger partial charge is 0.422 e. The Kier molecular flexibility index (Phi) is 3.01. The first-order chi connectivity index (χ1) is 8.06. The summed E-state index contributed by atoms with van der Waals surface area (Å²) in [5.41, 5.74) is 5.72. The molecular weight excluding hydrogens is 242 g/mol. The summed E-state index contributed by atoms with van der Waals surface area (Å²) in [4.78, 5) is 11.7. The van der Waals surface area contributed by atoms with Crippen LogP contribution in [-0.4, -0.2) is 15.7 Å². The molecule has 0 atom stereocenters. The predicted octanol–water partition coefficient (Wildman–Crippen LogP) is 1.87. The molecule has 0 aliphatic carbocycles. The van der Waals surface area contributed by atoms with E-state index in [0.717, 1.165) is 0 Å². The number of nitrogen functional groups attached to an aromatic ring is 1. The minimum atomic E-state index is -0.570. The van der Waals surface area contributed by atoms with Crippen LogP contribution in [-0.2, 0) is 7.05 Å². The zero-order valence-electron chi connectivity index (χ0n) is 9.05. The van der Waals surface area contributed by atoms with Gasteiger partial charge in [-0.15, -0.1) is 0 Å². The van der Waals surface area contributed by atoms with Gasteiger partial charge in [0.1, 0.15) is 11.6 Å². The maximum atomic E-state index is 11.7. The van der Waals surface area contributed by atoms with Gasteiger partial charge in [-0.2, -0.15) is 5.10 Å². The SMILES string of the molecule is Cn1nc(C(=O)Oc2cccc(Cl)c2)cc1N. The van der Waals surface area contributed by atoms with E-state index in [1.807, 2.05) is 0 Å². The molecule has 0 aliphatic heterocycles. The molecule has 5 nitrogen and oxygen atoms in total. The van der Waals surface area contributed by atoms with Gasteiger partial charge in [0.05, 0.1) is 0 Å². The summed E-state index contributed by atoms with van der Waals surface area (Å²) >= 11 is 5.77. The Labute approximate surface area is 103 Å². The number of nitrogens with two attached hydrogens (primary N) is 1. The number of anilines is 1. The topological polar surface area (TPSA) is 70.1 Å². The van der Waals surface area contributed by atoms with Gasteiger partial charge in [0.15, 0.2) is 5.69 Å². The highest BCUT2D eigenvalue weighted by Gasteiger charge is 2.13. The lowest BCUT2D eigenvalue weighted by molar-refractivity contribution is 0.0728. The molecule has 0 aliphatic rings. The Morgan fingerprint density at radius 2 is 2.24 bits per heavy atom. The summed E-state index contributed by atoms with van der Waals surface area (Å²) in [5, 5.41) is 4.41. The molecular formula is C11H10ClN3O2. The summed E-state index contributed by atoms with van der Waals surface area (Å²) in [5.74, 6) is 0.189. The van der Waals surface area contributed by atoms with E-state index in [-0.39, 0.29) is 5.69 Å². The number of nitrogens with zero attached hydrogens (tertiary/aromatic N) is 2. The summed E-state index contributed by atoms with van der Waals surface area (Å²) < 4.78 is 6.49. The fraction of sp³-hybridized carbons (Fsp3) is 0.0909. The average Bonchev–Trinajstić information content (AvgIpc) is 2.59. The van der Waals surface area contributed by atoms with Crippen molar-refractivity contribution >= 4 is 23.4 Å². The van der Waals surface area contributed by atoms with Gasteiger partial charge in [0.2, 0.25) is 0 Å². The molecule has 2 N–H and O–H groups in total. The molecule has 0 saturated carbocycles. The van der Waals surface area contributed by atoms with E-state index in [9.17, 15) is 4.79 Å². The van der Waals surface area contributed by atoms with E-state index >= 15 is 0 Å². The lowest BCUT2D eigenvalue weighted by Gasteiger charge is -2.01. The molecule has 1 aromatic heterocycles. The minimum absolute atomic E-state index is 0.157. The first-order valence-electron chi connectivity index (χ1n) is 4.83. The van der Waals surface area contributed by atoms with Crippen LogP contribution in [0.25, 0.3) is 0 Å². The number of halogens is 1. The molecule has 0 saturated heterocycles. The average molecular weight is 252 g/mol. The Morgan fingerprint density at radius 1 is 1.47 bits per heavy atom. The second-order valence-corrected chi connectivity index (χ2v) is 3.86. The van der Waals surface area contributed by atoms with Crippen molar-refractivity contribution in [1.29, 1.82) is 0 Å². The number of esters is 1. The zero-order valence-corrected chi connectivity index (χ0v) is 9.81. The zero-order chi connectivity index (χ0) is 12.4. The monoisotopic (exact) mass is 251 g/mol. The van der Waals surface area contributed by atoms with Gasteiger partial charge in [-0.1, -0.05) is 17.7 Å². The number of aryl methyl sites for hydroxylation is 1. The van der Waals surface area contributed by atoms with E-state index < -0.39 is 5.97 Å². The Morgan fingerprint density at radius 3 is 2.82 bits per heavy atom. The third-order valence-electron chi connectivity index (χ3n) is 2.13. The molecule has 2 rings (SSSR count). The van der Waals surface area contributed by atoms with E-state index in [4.69, 9.17) is 22.1 Å². The van der Waals surface area contributed by atoms with Crippen molar-refractivity contribution in [3.8, 4) is 5.75 Å². The molecule has 0 unspecified atom stereocenters. The molecule has 2 aromatic rings. The van der Waals surface area contributed by atoms with E-state index in [1.165, 1.54) is 10.7 Å². The number of ether oxygens (including phenoxy) is 1. The highest BCUT2D eigenvalue weighted by molar-refractivity contribution is 6.30. The number of benzene rings is 1. The van der Waals surface area contributed by atoms with Crippen molar-refractivity contribution in [2.45, 2.75) is 0 Å². The van der Waals surface area contributed by atoms with Crippen LogP contribution in [0.1, 0.15) is 10.5 Å². The van der Waals surface area contributed by atoms with Crippen molar-refractivity contribution < 1.29 is 9.53 Å². The summed E-state index contributed by atoms with van der Waals surface area (Å²) in [6, 6.07) is 8.02. The highest BCUT2D eigenvalue weighted by atomic mass is 35.5. The van der Waals surface area contributed by atoms with Crippen molar-refractivity contribution in [3.05, 3.63) is 41.0 Å². The molecule has 17 heavy (non-hydrogen) atoms. The molecule has 88 valence electrons. The van der Waals surface area contributed by atoms with Crippen LogP contribution >= 0.6 is 11.6 Å². The Bertz CT molecular complexity index is 546. The highest BCUT2D eigenvalue weighted by Crippen LogP contribution is 2.18. The predicted molar refractivity (Wildman–Crippen MR) is 64.0 cm³/mol. The van der Waals surface area contributed by atoms with Crippen LogP contribution in [0.15, 0.2) is 30.3 Å². The first-order valence-corrected chi connectivity index (χ1v) is 5.21. The van der Waals surface area contributed by atoms with E-state index in [0.29, 0.717) is 16.6 Å². The summed E-state index contributed by atoms with van der Waals surface area (Å²) in [6.45, 7) is 0. The lowest BCUT2D eigenvalue weighted by Crippen LogP contribution is -2.09. The maximum absolute atomic E-state index is 11.7. The van der Waals surface area contributed by atoms with Gasteiger partial charge in [0.25, 0.3) is 0 Å². The second-order valence-electron chi connectivity index (χ2n) is 3.42. The van der Waals surface area contributed by atoms with E-state index in [1.54, 1.807) is 31.3 Å². The third-order valence-corrected chi connectivity index (χ3v) is 2.37. The molecule has 0 amide bonds. The number of hydrogen-bond acceptors (Lipinski definition) is 4. The summed E-state index contributed by atoms with van der Waals surface area (Å²) in [7, 11) is 1.64. The molecule has 0 radical (unpaired) electrons. The van der Waals surface area contributed by atoms with Crippen molar-refractivity contribution in [2.24, 2.45) is 7.05 Å². The number of aromatic nitrogens is 2. The van der Waals surface area contributed by atoms with Crippen LogP contribution in [0, 0.1) is 0 Å². The normalized spacial score (nSPS) is 10.2. The first kappa shape index (κ1) is 11.5. The minimum Gasteiger partial charge on any atom is -0.422 e. The standard InChI is InChI=1S/C11H10ClN3O2/c1-15-10(13)6-9(14-15)11(16)17-8-4-2-3-7(12)5-8/h2-6H,13H2,1H3. The molecule has 0 bridgehead atoms. The van der Waals surface area contributed by atoms with Crippen LogP contribution in [0.2, 0.25) is 5.02 Å². The van der Waals surface area contributed by atoms with Gasteiger partial charge in [-0.3, -0.25) is 4.68 Å². The lowest BCUT2D eigenvalue weighted by atomic mass is 10.3. The van der Waals surface area contributed by atoms with Crippen molar-refractivity contribution in [3.63, 3.8) is 0 Å². The Hall–Kier alpha value is -2.01. The van der Waals surface area contributed by atoms with Gasteiger partial charge in [-0.25, -0.2) is 4.79 Å². The quantitative estimate of drug-likeness (QED) is 0.653. The molecule has 1 aromatic carbocycles. The van der Waals surface area contributed by atoms with Gasteiger partial charge < -0.3 is 10.5 Å².